The normalized spacial score (nSPS) is 10.5. The highest BCUT2D eigenvalue weighted by Gasteiger charge is 2.09. The summed E-state index contributed by atoms with van der Waals surface area (Å²) in [5.74, 6) is 0.380. The van der Waals surface area contributed by atoms with E-state index in [4.69, 9.17) is 12.2 Å². The van der Waals surface area contributed by atoms with Crippen LogP contribution in [0.2, 0.25) is 0 Å². The SMILES string of the molecule is CCCCNC(=S)Nc1nn(Cc2ccccc2F)cc1Br. The molecular weight excluding hydrogens is 367 g/mol. The Morgan fingerprint density at radius 1 is 1.41 bits per heavy atom. The third-order valence-electron chi connectivity index (χ3n) is 3.06. The van der Waals surface area contributed by atoms with E-state index < -0.39 is 0 Å². The van der Waals surface area contributed by atoms with Crippen LogP contribution in [-0.4, -0.2) is 21.4 Å². The van der Waals surface area contributed by atoms with Gasteiger partial charge in [0.15, 0.2) is 10.9 Å². The van der Waals surface area contributed by atoms with Crippen LogP contribution in [0, 0.1) is 5.82 Å². The van der Waals surface area contributed by atoms with Gasteiger partial charge in [0, 0.05) is 18.3 Å². The van der Waals surface area contributed by atoms with Crippen LogP contribution >= 0.6 is 28.1 Å². The molecule has 1 heterocycles. The quantitative estimate of drug-likeness (QED) is 0.584. The Labute approximate surface area is 143 Å². The van der Waals surface area contributed by atoms with Gasteiger partial charge in [-0.25, -0.2) is 4.39 Å². The Kier molecular flexibility index (Phi) is 6.33. The number of hydrogen-bond acceptors (Lipinski definition) is 2. The molecule has 0 atom stereocenters. The van der Waals surface area contributed by atoms with Gasteiger partial charge in [-0.3, -0.25) is 4.68 Å². The minimum Gasteiger partial charge on any atom is -0.362 e. The number of thiocarbonyl (C=S) groups is 1. The lowest BCUT2D eigenvalue weighted by atomic mass is 10.2. The van der Waals surface area contributed by atoms with E-state index >= 15 is 0 Å². The fourth-order valence-corrected chi connectivity index (χ4v) is 2.51. The van der Waals surface area contributed by atoms with Crippen molar-refractivity contribution in [2.24, 2.45) is 0 Å². The first-order chi connectivity index (χ1) is 10.6. The Hall–Kier alpha value is -1.47. The molecule has 7 heteroatoms. The summed E-state index contributed by atoms with van der Waals surface area (Å²) in [4.78, 5) is 0. The van der Waals surface area contributed by atoms with Crippen molar-refractivity contribution in [1.82, 2.24) is 15.1 Å². The monoisotopic (exact) mass is 384 g/mol. The lowest BCUT2D eigenvalue weighted by molar-refractivity contribution is 0.585. The van der Waals surface area contributed by atoms with Crippen molar-refractivity contribution in [3.8, 4) is 0 Å². The second kappa shape index (κ2) is 8.24. The summed E-state index contributed by atoms with van der Waals surface area (Å²) in [5.41, 5.74) is 0.590. The molecule has 118 valence electrons. The van der Waals surface area contributed by atoms with Crippen molar-refractivity contribution in [1.29, 1.82) is 0 Å². The lowest BCUT2D eigenvalue weighted by Gasteiger charge is -2.08. The first-order valence-corrected chi connectivity index (χ1v) is 8.31. The zero-order valence-corrected chi connectivity index (χ0v) is 14.7. The summed E-state index contributed by atoms with van der Waals surface area (Å²) < 4.78 is 16.1. The van der Waals surface area contributed by atoms with E-state index in [2.05, 4.69) is 38.6 Å². The minimum absolute atomic E-state index is 0.236. The van der Waals surface area contributed by atoms with Crippen molar-refractivity contribution >= 4 is 39.1 Å². The molecule has 0 saturated carbocycles. The number of nitrogens with one attached hydrogen (secondary N) is 2. The molecule has 0 spiro atoms. The molecule has 0 fully saturated rings. The third kappa shape index (κ3) is 4.78. The van der Waals surface area contributed by atoms with Gasteiger partial charge in [0.25, 0.3) is 0 Å². The van der Waals surface area contributed by atoms with Gasteiger partial charge in [0.05, 0.1) is 11.0 Å². The summed E-state index contributed by atoms with van der Waals surface area (Å²) in [6, 6.07) is 6.67. The van der Waals surface area contributed by atoms with Crippen molar-refractivity contribution in [3.63, 3.8) is 0 Å². The first-order valence-electron chi connectivity index (χ1n) is 7.11. The molecule has 1 aromatic heterocycles. The second-order valence-corrected chi connectivity index (χ2v) is 6.11. The summed E-state index contributed by atoms with van der Waals surface area (Å²) >= 11 is 8.65. The standard InChI is InChI=1S/C15H18BrFN4S/c1-2-3-8-18-15(22)19-14-12(16)10-21(20-14)9-11-6-4-5-7-13(11)17/h4-7,10H,2-3,8-9H2,1H3,(H2,18,19,20,22). The number of hydrogen-bond donors (Lipinski definition) is 2. The Morgan fingerprint density at radius 3 is 2.91 bits per heavy atom. The van der Waals surface area contributed by atoms with E-state index in [9.17, 15) is 4.39 Å². The van der Waals surface area contributed by atoms with Crippen LogP contribution in [-0.2, 0) is 6.54 Å². The minimum atomic E-state index is -0.236. The lowest BCUT2D eigenvalue weighted by Crippen LogP contribution is -2.29. The highest BCUT2D eigenvalue weighted by molar-refractivity contribution is 9.10. The van der Waals surface area contributed by atoms with Gasteiger partial charge < -0.3 is 10.6 Å². The maximum Gasteiger partial charge on any atom is 0.172 e. The summed E-state index contributed by atoms with van der Waals surface area (Å²) in [6.45, 7) is 3.32. The van der Waals surface area contributed by atoms with Crippen molar-refractivity contribution in [2.75, 3.05) is 11.9 Å². The van der Waals surface area contributed by atoms with E-state index in [0.29, 0.717) is 23.0 Å². The average Bonchev–Trinajstić information content (AvgIpc) is 2.81. The molecule has 4 nitrogen and oxygen atoms in total. The van der Waals surface area contributed by atoms with Gasteiger partial charge in [-0.2, -0.15) is 5.10 Å². The van der Waals surface area contributed by atoms with Crippen molar-refractivity contribution in [2.45, 2.75) is 26.3 Å². The van der Waals surface area contributed by atoms with E-state index in [1.54, 1.807) is 23.0 Å². The molecule has 0 aliphatic rings. The topological polar surface area (TPSA) is 41.9 Å². The molecule has 0 aliphatic carbocycles. The number of nitrogens with zero attached hydrogens (tertiary/aromatic N) is 2. The molecule has 1 aromatic carbocycles. The first kappa shape index (κ1) is 16.9. The molecular formula is C15H18BrFN4S. The number of rotatable bonds is 6. The summed E-state index contributed by atoms with van der Waals surface area (Å²) in [6.07, 6.45) is 3.96. The molecule has 0 aliphatic heterocycles. The molecule has 0 saturated heterocycles. The van der Waals surface area contributed by atoms with Gasteiger partial charge >= 0.3 is 0 Å². The summed E-state index contributed by atoms with van der Waals surface area (Å²) in [7, 11) is 0. The highest BCUT2D eigenvalue weighted by Crippen LogP contribution is 2.21. The summed E-state index contributed by atoms with van der Waals surface area (Å²) in [5, 5.41) is 11.1. The molecule has 2 aromatic rings. The predicted octanol–water partition coefficient (Wildman–Crippen LogP) is 3.92. The Balaban J connectivity index is 1.99. The van der Waals surface area contributed by atoms with E-state index in [0.717, 1.165) is 23.9 Å². The number of halogens is 2. The van der Waals surface area contributed by atoms with Gasteiger partial charge in [-0.1, -0.05) is 31.5 Å². The zero-order chi connectivity index (χ0) is 15.9. The Morgan fingerprint density at radius 2 is 2.18 bits per heavy atom. The molecule has 2 N–H and O–H groups in total. The Bertz CT molecular complexity index is 644. The number of anilines is 1. The van der Waals surface area contributed by atoms with Crippen LogP contribution < -0.4 is 10.6 Å². The van der Waals surface area contributed by atoms with Crippen LogP contribution in [0.3, 0.4) is 0 Å². The van der Waals surface area contributed by atoms with Crippen molar-refractivity contribution < 1.29 is 4.39 Å². The van der Waals surface area contributed by atoms with Crippen LogP contribution in [0.25, 0.3) is 0 Å². The van der Waals surface area contributed by atoms with Crippen LogP contribution in [0.1, 0.15) is 25.3 Å². The number of benzene rings is 1. The maximum atomic E-state index is 13.7. The second-order valence-electron chi connectivity index (χ2n) is 4.85. The van der Waals surface area contributed by atoms with Crippen LogP contribution in [0.4, 0.5) is 10.2 Å². The number of aromatic nitrogens is 2. The van der Waals surface area contributed by atoms with Gasteiger partial charge in [-0.05, 0) is 40.6 Å². The maximum absolute atomic E-state index is 13.7. The molecule has 0 unspecified atom stereocenters. The largest absolute Gasteiger partial charge is 0.362 e. The molecule has 2 rings (SSSR count). The third-order valence-corrected chi connectivity index (χ3v) is 3.88. The van der Waals surface area contributed by atoms with Gasteiger partial charge in [0.2, 0.25) is 0 Å². The van der Waals surface area contributed by atoms with Gasteiger partial charge in [-0.15, -0.1) is 0 Å². The predicted molar refractivity (Wildman–Crippen MR) is 94.6 cm³/mol. The zero-order valence-electron chi connectivity index (χ0n) is 12.3. The van der Waals surface area contributed by atoms with E-state index in [-0.39, 0.29) is 5.82 Å². The molecule has 0 bridgehead atoms. The average molecular weight is 385 g/mol. The van der Waals surface area contributed by atoms with E-state index in [1.807, 2.05) is 6.07 Å². The van der Waals surface area contributed by atoms with Crippen LogP contribution in [0.15, 0.2) is 34.9 Å². The van der Waals surface area contributed by atoms with Crippen LogP contribution in [0.5, 0.6) is 0 Å². The molecule has 22 heavy (non-hydrogen) atoms. The molecule has 0 amide bonds. The van der Waals surface area contributed by atoms with E-state index in [1.165, 1.54) is 6.07 Å². The van der Waals surface area contributed by atoms with Crippen molar-refractivity contribution in [3.05, 3.63) is 46.3 Å². The smallest absolute Gasteiger partial charge is 0.172 e. The fourth-order valence-electron chi connectivity index (χ4n) is 1.89. The fraction of sp³-hybridized carbons (Fsp3) is 0.333. The highest BCUT2D eigenvalue weighted by atomic mass is 79.9. The van der Waals surface area contributed by atoms with Gasteiger partial charge in [0.1, 0.15) is 5.82 Å². The number of unbranched alkanes of at least 4 members (excludes halogenated alkanes) is 1. The molecule has 0 radical (unpaired) electrons.